The van der Waals surface area contributed by atoms with Gasteiger partial charge in [-0.25, -0.2) is 0 Å². The Morgan fingerprint density at radius 3 is 2.77 bits per heavy atom. The number of aryl methyl sites for hydroxylation is 1. The monoisotopic (exact) mass is 354 g/mol. The summed E-state index contributed by atoms with van der Waals surface area (Å²) >= 11 is 0. The molecule has 1 N–H and O–H groups in total. The molecule has 1 atom stereocenters. The van der Waals surface area contributed by atoms with E-state index in [-0.39, 0.29) is 12.0 Å². The highest BCUT2D eigenvalue weighted by Crippen LogP contribution is 2.40. The molecular weight excluding hydrogens is 324 g/mol. The number of aliphatic hydroxyl groups is 1. The van der Waals surface area contributed by atoms with E-state index in [2.05, 4.69) is 47.1 Å². The van der Waals surface area contributed by atoms with Crippen LogP contribution in [-0.4, -0.2) is 42.5 Å². The summed E-state index contributed by atoms with van der Waals surface area (Å²) in [4.78, 5) is 7.15. The van der Waals surface area contributed by atoms with Crippen molar-refractivity contribution in [1.82, 2.24) is 4.98 Å². The van der Waals surface area contributed by atoms with Crippen molar-refractivity contribution >= 4 is 16.6 Å². The molecule has 1 aromatic heterocycles. The summed E-state index contributed by atoms with van der Waals surface area (Å²) in [6.45, 7) is 5.21. The first kappa shape index (κ1) is 17.7. The highest BCUT2D eigenvalue weighted by atomic mass is 16.5. The Balaban J connectivity index is 1.51. The third kappa shape index (κ3) is 3.58. The van der Waals surface area contributed by atoms with Gasteiger partial charge in [0.25, 0.3) is 0 Å². The van der Waals surface area contributed by atoms with E-state index < -0.39 is 0 Å². The second-order valence-electron chi connectivity index (χ2n) is 8.14. The minimum Gasteiger partial charge on any atom is -0.396 e. The van der Waals surface area contributed by atoms with Crippen LogP contribution in [0.15, 0.2) is 30.3 Å². The number of fused-ring (bicyclic) bond motifs is 1. The largest absolute Gasteiger partial charge is 0.396 e. The summed E-state index contributed by atoms with van der Waals surface area (Å²) < 4.78 is 5.96. The number of para-hydroxylation sites is 1. The second-order valence-corrected chi connectivity index (χ2v) is 8.14. The zero-order chi connectivity index (χ0) is 18.0. The van der Waals surface area contributed by atoms with E-state index in [1.165, 1.54) is 23.9 Å². The number of benzene rings is 1. The van der Waals surface area contributed by atoms with E-state index in [0.29, 0.717) is 6.10 Å². The normalized spacial score (nSPS) is 23.3. The molecule has 3 heterocycles. The van der Waals surface area contributed by atoms with Gasteiger partial charge in [-0.3, -0.25) is 4.98 Å². The van der Waals surface area contributed by atoms with Gasteiger partial charge in [-0.1, -0.05) is 18.2 Å². The van der Waals surface area contributed by atoms with Gasteiger partial charge in [-0.15, -0.1) is 0 Å². The van der Waals surface area contributed by atoms with Gasteiger partial charge in [0, 0.05) is 43.1 Å². The zero-order valence-electron chi connectivity index (χ0n) is 15.8. The average Bonchev–Trinajstić information content (AvgIpc) is 2.69. The van der Waals surface area contributed by atoms with Crippen molar-refractivity contribution in [2.75, 3.05) is 31.2 Å². The Morgan fingerprint density at radius 2 is 2.04 bits per heavy atom. The van der Waals surface area contributed by atoms with Gasteiger partial charge in [0.2, 0.25) is 0 Å². The summed E-state index contributed by atoms with van der Waals surface area (Å²) in [6.07, 6.45) is 7.00. The number of hydrogen-bond donors (Lipinski definition) is 1. The average molecular weight is 354 g/mol. The minimum atomic E-state index is 0.0242. The molecule has 0 spiro atoms. The third-order valence-corrected chi connectivity index (χ3v) is 6.26. The quantitative estimate of drug-likeness (QED) is 0.898. The van der Waals surface area contributed by atoms with Gasteiger partial charge in [0.1, 0.15) is 0 Å². The predicted molar refractivity (Wildman–Crippen MR) is 106 cm³/mol. The lowest BCUT2D eigenvalue weighted by molar-refractivity contribution is -0.0354. The van der Waals surface area contributed by atoms with Crippen molar-refractivity contribution in [2.45, 2.75) is 51.6 Å². The molecule has 2 aromatic rings. The lowest BCUT2D eigenvalue weighted by atomic mass is 9.74. The third-order valence-electron chi connectivity index (χ3n) is 6.26. The molecule has 2 aliphatic heterocycles. The van der Waals surface area contributed by atoms with Crippen molar-refractivity contribution in [3.05, 3.63) is 36.0 Å². The predicted octanol–water partition coefficient (Wildman–Crippen LogP) is 4.08. The van der Waals surface area contributed by atoms with Crippen molar-refractivity contribution in [3.8, 4) is 0 Å². The van der Waals surface area contributed by atoms with Crippen LogP contribution in [0.25, 0.3) is 10.9 Å². The molecule has 26 heavy (non-hydrogen) atoms. The smallest absolute Gasteiger partial charge is 0.0726 e. The number of nitrogens with zero attached hydrogens (tertiary/aromatic N) is 2. The number of hydrogen-bond acceptors (Lipinski definition) is 4. The van der Waals surface area contributed by atoms with Crippen LogP contribution in [0.5, 0.6) is 0 Å². The molecule has 2 aliphatic rings. The fourth-order valence-electron chi connectivity index (χ4n) is 4.65. The molecule has 4 heteroatoms. The Morgan fingerprint density at radius 1 is 1.23 bits per heavy atom. The highest BCUT2D eigenvalue weighted by molar-refractivity contribution is 5.92. The molecule has 2 fully saturated rings. The van der Waals surface area contributed by atoms with Crippen LogP contribution in [0.4, 0.5) is 5.69 Å². The van der Waals surface area contributed by atoms with Crippen LogP contribution in [0, 0.1) is 12.3 Å². The molecule has 0 unspecified atom stereocenters. The number of rotatable bonds is 4. The van der Waals surface area contributed by atoms with Crippen LogP contribution < -0.4 is 4.90 Å². The Hall–Kier alpha value is -1.65. The topological polar surface area (TPSA) is 45.6 Å². The number of ether oxygens (including phenoxy) is 1. The molecule has 0 amide bonds. The summed E-state index contributed by atoms with van der Waals surface area (Å²) in [7, 11) is 0. The van der Waals surface area contributed by atoms with Gasteiger partial charge in [0.05, 0.1) is 11.6 Å². The Bertz CT molecular complexity index is 747. The lowest BCUT2D eigenvalue weighted by Gasteiger charge is -2.44. The molecule has 0 aliphatic carbocycles. The standard InChI is InChI=1S/C22H30N2O2/c1-17-14-21(19-7-2-3-8-20(19)23-17)24-11-9-22(16-25,10-12-24)15-18-6-4-5-13-26-18/h2-3,7-8,14,18,25H,4-6,9-13,15-16H2,1H3/t18-/m1/s1. The van der Waals surface area contributed by atoms with E-state index in [1.807, 2.05) is 0 Å². The molecular formula is C22H30N2O2. The first-order valence-electron chi connectivity index (χ1n) is 10.0. The molecule has 4 rings (SSSR count). The number of aliphatic hydroxyl groups excluding tert-OH is 1. The summed E-state index contributed by atoms with van der Waals surface area (Å²) in [5, 5.41) is 11.4. The Kier molecular flexibility index (Phi) is 5.14. The SMILES string of the molecule is Cc1cc(N2CCC(CO)(C[C@H]3CCCCO3)CC2)c2ccccc2n1. The molecule has 4 nitrogen and oxygen atoms in total. The fraction of sp³-hybridized carbons (Fsp3) is 0.591. The van der Waals surface area contributed by atoms with E-state index in [1.54, 1.807) is 0 Å². The minimum absolute atomic E-state index is 0.0242. The van der Waals surface area contributed by atoms with Crippen molar-refractivity contribution in [2.24, 2.45) is 5.41 Å². The number of aromatic nitrogens is 1. The fourth-order valence-corrected chi connectivity index (χ4v) is 4.65. The lowest BCUT2D eigenvalue weighted by Crippen LogP contribution is -2.44. The maximum atomic E-state index is 10.2. The zero-order valence-corrected chi connectivity index (χ0v) is 15.8. The van der Waals surface area contributed by atoms with E-state index >= 15 is 0 Å². The van der Waals surface area contributed by atoms with Gasteiger partial charge >= 0.3 is 0 Å². The number of anilines is 1. The van der Waals surface area contributed by atoms with Crippen LogP contribution >= 0.6 is 0 Å². The van der Waals surface area contributed by atoms with E-state index in [4.69, 9.17) is 4.74 Å². The van der Waals surface area contributed by atoms with Crippen molar-refractivity contribution < 1.29 is 9.84 Å². The maximum Gasteiger partial charge on any atom is 0.0726 e. The van der Waals surface area contributed by atoms with Gasteiger partial charge in [-0.05, 0) is 63.0 Å². The van der Waals surface area contributed by atoms with Crippen LogP contribution in [-0.2, 0) is 4.74 Å². The van der Waals surface area contributed by atoms with Crippen molar-refractivity contribution in [1.29, 1.82) is 0 Å². The first-order valence-corrected chi connectivity index (χ1v) is 10.0. The second kappa shape index (κ2) is 7.53. The maximum absolute atomic E-state index is 10.2. The van der Waals surface area contributed by atoms with Gasteiger partial charge in [-0.2, -0.15) is 0 Å². The summed E-state index contributed by atoms with van der Waals surface area (Å²) in [5.41, 5.74) is 3.44. The first-order chi connectivity index (χ1) is 12.7. The van der Waals surface area contributed by atoms with Gasteiger partial charge < -0.3 is 14.7 Å². The number of piperidine rings is 1. The van der Waals surface area contributed by atoms with Crippen molar-refractivity contribution in [3.63, 3.8) is 0 Å². The molecule has 2 saturated heterocycles. The molecule has 0 radical (unpaired) electrons. The van der Waals surface area contributed by atoms with Crippen LogP contribution in [0.1, 0.15) is 44.2 Å². The van der Waals surface area contributed by atoms with E-state index in [9.17, 15) is 5.11 Å². The summed E-state index contributed by atoms with van der Waals surface area (Å²) in [5.74, 6) is 0. The van der Waals surface area contributed by atoms with E-state index in [0.717, 1.165) is 56.6 Å². The van der Waals surface area contributed by atoms with Crippen LogP contribution in [0.2, 0.25) is 0 Å². The molecule has 140 valence electrons. The summed E-state index contributed by atoms with van der Waals surface area (Å²) in [6, 6.07) is 10.6. The molecule has 0 saturated carbocycles. The van der Waals surface area contributed by atoms with Crippen LogP contribution in [0.3, 0.4) is 0 Å². The Labute approximate surface area is 156 Å². The molecule has 1 aromatic carbocycles. The molecule has 0 bridgehead atoms. The highest BCUT2D eigenvalue weighted by Gasteiger charge is 2.37. The van der Waals surface area contributed by atoms with Gasteiger partial charge in [0.15, 0.2) is 0 Å². The number of pyridine rings is 1.